The summed E-state index contributed by atoms with van der Waals surface area (Å²) in [4.78, 5) is 60.4. The molecule has 2 amide bonds. The Labute approximate surface area is 218 Å². The van der Waals surface area contributed by atoms with Gasteiger partial charge in [0.15, 0.2) is 17.9 Å². The van der Waals surface area contributed by atoms with Crippen LogP contribution in [0.4, 0.5) is 5.69 Å². The maximum absolute atomic E-state index is 12.9. The van der Waals surface area contributed by atoms with Crippen molar-refractivity contribution in [3.8, 4) is 5.75 Å². The van der Waals surface area contributed by atoms with Crippen LogP contribution >= 0.6 is 0 Å². The van der Waals surface area contributed by atoms with Crippen LogP contribution in [0.1, 0.15) is 36.7 Å². The van der Waals surface area contributed by atoms with Gasteiger partial charge in [-0.3, -0.25) is 19.2 Å². The summed E-state index contributed by atoms with van der Waals surface area (Å²) in [5, 5.41) is 34.3. The van der Waals surface area contributed by atoms with Gasteiger partial charge in [0, 0.05) is 0 Å². The molecule has 38 heavy (non-hydrogen) atoms. The number of nitrogens with one attached hydrogen (secondary N) is 2. The van der Waals surface area contributed by atoms with E-state index in [4.69, 9.17) is 9.47 Å². The van der Waals surface area contributed by atoms with Gasteiger partial charge in [-0.25, -0.2) is 4.79 Å². The first-order chi connectivity index (χ1) is 18.0. The van der Waals surface area contributed by atoms with Crippen molar-refractivity contribution in [1.82, 2.24) is 5.32 Å². The molecule has 12 nitrogen and oxygen atoms in total. The second-order valence-electron chi connectivity index (χ2n) is 8.54. The molecule has 0 aliphatic carbocycles. The zero-order valence-electron chi connectivity index (χ0n) is 21.0. The lowest BCUT2D eigenvalue weighted by molar-refractivity contribution is -0.177. The van der Waals surface area contributed by atoms with Crippen LogP contribution in [0.25, 0.3) is 0 Å². The molecule has 12 heteroatoms. The van der Waals surface area contributed by atoms with Crippen LogP contribution in [0.3, 0.4) is 0 Å². The Hall–Kier alpha value is -4.45. The second-order valence-corrected chi connectivity index (χ2v) is 8.54. The zero-order valence-corrected chi connectivity index (χ0v) is 21.0. The van der Waals surface area contributed by atoms with Crippen LogP contribution in [0.2, 0.25) is 0 Å². The third-order valence-corrected chi connectivity index (χ3v) is 5.62. The summed E-state index contributed by atoms with van der Waals surface area (Å²) in [6.45, 7) is 3.81. The molecule has 5 N–H and O–H groups in total. The molecule has 0 aliphatic heterocycles. The number of amides is 2. The lowest BCUT2D eigenvalue weighted by Crippen LogP contribution is -2.51. The number of ether oxygens (including phenoxy) is 2. The van der Waals surface area contributed by atoms with E-state index in [-0.39, 0.29) is 17.7 Å². The number of carboxylic acids is 1. The predicted octanol–water partition coefficient (Wildman–Crippen LogP) is 1.25. The smallest absolute Gasteiger partial charge is 0.331 e. The minimum absolute atomic E-state index is 0.0553. The number of rotatable bonds is 13. The van der Waals surface area contributed by atoms with Gasteiger partial charge in [-0.2, -0.15) is 0 Å². The Morgan fingerprint density at radius 3 is 2.21 bits per heavy atom. The number of para-hydroxylation sites is 1. The number of hydrogen-bond donors (Lipinski definition) is 5. The van der Waals surface area contributed by atoms with Crippen LogP contribution < -0.4 is 10.6 Å². The Morgan fingerprint density at radius 2 is 1.63 bits per heavy atom. The van der Waals surface area contributed by atoms with Crippen molar-refractivity contribution in [2.45, 2.75) is 51.5 Å². The number of carbonyl (C=O) groups is 5. The summed E-state index contributed by atoms with van der Waals surface area (Å²) in [6.07, 6.45) is -3.96. The third kappa shape index (κ3) is 8.03. The van der Waals surface area contributed by atoms with Crippen LogP contribution in [0.5, 0.6) is 5.75 Å². The van der Waals surface area contributed by atoms with Crippen molar-refractivity contribution >= 4 is 35.9 Å². The molecule has 204 valence electrons. The van der Waals surface area contributed by atoms with E-state index in [2.05, 4.69) is 10.6 Å². The van der Waals surface area contributed by atoms with Gasteiger partial charge in [0.05, 0.1) is 29.7 Å². The Kier molecular flexibility index (Phi) is 10.8. The lowest BCUT2D eigenvalue weighted by atomic mass is 10.00. The molecule has 0 aliphatic rings. The molecule has 0 fully saturated rings. The van der Waals surface area contributed by atoms with Gasteiger partial charge in [0.2, 0.25) is 6.41 Å². The molecule has 0 spiro atoms. The van der Waals surface area contributed by atoms with Gasteiger partial charge < -0.3 is 35.4 Å². The standard InChI is InChI=1S/C26H30N2O10/c1-14(25(34)35)23(38-20(31)12-17-8-5-4-6-9-17)16(3)37-26(36)21(15(2)30)28-24(33)18-10-7-11-19(22(18)32)27-13-29/h4-11,13-16,21,23,30,32H,12H2,1-3H3,(H,27,29)(H,28,33)(H,34,35)/t14-,15?,16+,21+,23-/m1/s1. The largest absolute Gasteiger partial charge is 0.505 e. The molecular weight excluding hydrogens is 500 g/mol. The monoisotopic (exact) mass is 530 g/mol. The normalized spacial score (nSPS) is 14.6. The topological polar surface area (TPSA) is 189 Å². The highest BCUT2D eigenvalue weighted by atomic mass is 16.6. The molecule has 0 radical (unpaired) electrons. The van der Waals surface area contributed by atoms with Gasteiger partial charge in [0.1, 0.15) is 6.10 Å². The Bertz CT molecular complexity index is 1150. The summed E-state index contributed by atoms with van der Waals surface area (Å²) in [5.41, 5.74) is 0.284. The number of aliphatic carboxylic acids is 1. The van der Waals surface area contributed by atoms with Crippen molar-refractivity contribution < 1.29 is 48.8 Å². The minimum atomic E-state index is -1.63. The number of anilines is 1. The summed E-state index contributed by atoms with van der Waals surface area (Å²) in [5.74, 6) is -5.96. The number of phenols is 1. The number of carboxylic acid groups (broad SMARTS) is 1. The molecule has 0 saturated heterocycles. The van der Waals surface area contributed by atoms with Crippen molar-refractivity contribution in [2.24, 2.45) is 5.92 Å². The highest BCUT2D eigenvalue weighted by Crippen LogP contribution is 2.27. The van der Waals surface area contributed by atoms with E-state index >= 15 is 0 Å². The van der Waals surface area contributed by atoms with Gasteiger partial charge >= 0.3 is 17.9 Å². The number of esters is 2. The quantitative estimate of drug-likeness (QED) is 0.143. The summed E-state index contributed by atoms with van der Waals surface area (Å²) in [6, 6.07) is 10.9. The van der Waals surface area contributed by atoms with E-state index in [1.54, 1.807) is 30.3 Å². The zero-order chi connectivity index (χ0) is 28.4. The SMILES string of the molecule is CC(O)[C@H](NC(=O)c1cccc(NC=O)c1O)C(=O)O[C@@H](C)[C@H](OC(=O)Cc1ccccc1)[C@@H](C)C(=O)O. The predicted molar refractivity (Wildman–Crippen MR) is 133 cm³/mol. The van der Waals surface area contributed by atoms with Crippen LogP contribution in [-0.2, 0) is 35.1 Å². The molecule has 0 aromatic heterocycles. The molecule has 0 heterocycles. The van der Waals surface area contributed by atoms with E-state index in [1.165, 1.54) is 39.0 Å². The number of aromatic hydroxyl groups is 1. The highest BCUT2D eigenvalue weighted by molar-refractivity contribution is 6.01. The number of phenolic OH excluding ortho intramolecular Hbond substituents is 1. The van der Waals surface area contributed by atoms with E-state index in [1.807, 2.05) is 0 Å². The Balaban J connectivity index is 2.17. The van der Waals surface area contributed by atoms with Crippen LogP contribution in [0.15, 0.2) is 48.5 Å². The van der Waals surface area contributed by atoms with E-state index < -0.39 is 59.8 Å². The number of carbonyl (C=O) groups excluding carboxylic acids is 4. The van der Waals surface area contributed by atoms with Gasteiger partial charge in [-0.1, -0.05) is 36.4 Å². The first kappa shape index (κ1) is 29.8. The molecular formula is C26H30N2O10. The van der Waals surface area contributed by atoms with Crippen molar-refractivity contribution in [3.63, 3.8) is 0 Å². The fourth-order valence-corrected chi connectivity index (χ4v) is 3.53. The molecule has 0 bridgehead atoms. The summed E-state index contributed by atoms with van der Waals surface area (Å²) in [7, 11) is 0. The lowest BCUT2D eigenvalue weighted by Gasteiger charge is -2.29. The average molecular weight is 531 g/mol. The average Bonchev–Trinajstić information content (AvgIpc) is 2.86. The number of benzene rings is 2. The number of aliphatic hydroxyl groups is 1. The molecule has 0 saturated carbocycles. The highest BCUT2D eigenvalue weighted by Gasteiger charge is 2.37. The van der Waals surface area contributed by atoms with Crippen LogP contribution in [0, 0.1) is 5.92 Å². The van der Waals surface area contributed by atoms with E-state index in [9.17, 15) is 39.3 Å². The van der Waals surface area contributed by atoms with Gasteiger partial charge in [-0.05, 0) is 38.5 Å². The fourth-order valence-electron chi connectivity index (χ4n) is 3.53. The number of hydrogen-bond acceptors (Lipinski definition) is 9. The van der Waals surface area contributed by atoms with Gasteiger partial charge in [-0.15, -0.1) is 0 Å². The fraction of sp³-hybridized carbons (Fsp3) is 0.346. The third-order valence-electron chi connectivity index (χ3n) is 5.62. The van der Waals surface area contributed by atoms with Gasteiger partial charge in [0.25, 0.3) is 5.91 Å². The summed E-state index contributed by atoms with van der Waals surface area (Å²) >= 11 is 0. The maximum atomic E-state index is 12.9. The molecule has 2 rings (SSSR count). The molecule has 2 aromatic carbocycles. The van der Waals surface area contributed by atoms with E-state index in [0.717, 1.165) is 0 Å². The number of aliphatic hydroxyl groups excluding tert-OH is 1. The Morgan fingerprint density at radius 1 is 0.974 bits per heavy atom. The first-order valence-corrected chi connectivity index (χ1v) is 11.6. The van der Waals surface area contributed by atoms with E-state index in [0.29, 0.717) is 12.0 Å². The second kappa shape index (κ2) is 13.7. The summed E-state index contributed by atoms with van der Waals surface area (Å²) < 4.78 is 10.7. The van der Waals surface area contributed by atoms with Crippen molar-refractivity contribution in [3.05, 3.63) is 59.7 Å². The van der Waals surface area contributed by atoms with Crippen LogP contribution in [-0.4, -0.2) is 69.9 Å². The molecule has 2 aromatic rings. The first-order valence-electron chi connectivity index (χ1n) is 11.6. The maximum Gasteiger partial charge on any atom is 0.331 e. The van der Waals surface area contributed by atoms with Crippen molar-refractivity contribution in [1.29, 1.82) is 0 Å². The minimum Gasteiger partial charge on any atom is -0.505 e. The molecule has 1 unspecified atom stereocenters. The molecule has 5 atom stereocenters. The van der Waals surface area contributed by atoms with Crippen molar-refractivity contribution in [2.75, 3.05) is 5.32 Å².